The van der Waals surface area contributed by atoms with Crippen molar-refractivity contribution < 1.29 is 0 Å². The van der Waals surface area contributed by atoms with Gasteiger partial charge in [-0.1, -0.05) is 13.8 Å². The molecule has 2 rings (SSSR count). The largest absolute Gasteiger partial charge is 0.306 e. The molecule has 2 aromatic rings. The Bertz CT molecular complexity index is 515. The van der Waals surface area contributed by atoms with E-state index in [0.717, 1.165) is 11.4 Å². The molecule has 1 heterocycles. The predicted octanol–water partition coefficient (Wildman–Crippen LogP) is 2.87. The summed E-state index contributed by atoms with van der Waals surface area (Å²) < 4.78 is 1.97. The SMILES string of the molecule is CC(C)c1cn(-c2ccc(C#N)cc2)cn1. The van der Waals surface area contributed by atoms with Crippen LogP contribution in [0.5, 0.6) is 0 Å². The summed E-state index contributed by atoms with van der Waals surface area (Å²) in [4.78, 5) is 4.33. The normalized spacial score (nSPS) is 10.4. The molecule has 0 aliphatic carbocycles. The summed E-state index contributed by atoms with van der Waals surface area (Å²) in [7, 11) is 0. The van der Waals surface area contributed by atoms with Crippen LogP contribution in [0.4, 0.5) is 0 Å². The molecule has 0 fully saturated rings. The number of benzene rings is 1. The molecule has 0 aliphatic rings. The highest BCUT2D eigenvalue weighted by Crippen LogP contribution is 2.15. The third-order valence-electron chi connectivity index (χ3n) is 2.49. The van der Waals surface area contributed by atoms with Gasteiger partial charge >= 0.3 is 0 Å². The van der Waals surface area contributed by atoms with E-state index in [1.54, 1.807) is 6.33 Å². The number of imidazole rings is 1. The van der Waals surface area contributed by atoms with Crippen LogP contribution in [-0.4, -0.2) is 9.55 Å². The van der Waals surface area contributed by atoms with E-state index in [4.69, 9.17) is 5.26 Å². The quantitative estimate of drug-likeness (QED) is 0.766. The topological polar surface area (TPSA) is 41.6 Å². The van der Waals surface area contributed by atoms with Crippen molar-refractivity contribution in [3.8, 4) is 11.8 Å². The van der Waals surface area contributed by atoms with Gasteiger partial charge in [-0.25, -0.2) is 4.98 Å². The Morgan fingerprint density at radius 1 is 1.25 bits per heavy atom. The first-order chi connectivity index (χ1) is 7.70. The number of hydrogen-bond donors (Lipinski definition) is 0. The summed E-state index contributed by atoms with van der Waals surface area (Å²) in [6, 6.07) is 9.57. The number of hydrogen-bond acceptors (Lipinski definition) is 2. The highest BCUT2D eigenvalue weighted by molar-refractivity contribution is 5.39. The average molecular weight is 211 g/mol. The van der Waals surface area contributed by atoms with Crippen LogP contribution in [0.3, 0.4) is 0 Å². The van der Waals surface area contributed by atoms with Crippen LogP contribution >= 0.6 is 0 Å². The molecule has 0 unspecified atom stereocenters. The Balaban J connectivity index is 2.32. The molecule has 0 N–H and O–H groups in total. The first-order valence-corrected chi connectivity index (χ1v) is 5.25. The van der Waals surface area contributed by atoms with Crippen molar-refractivity contribution >= 4 is 0 Å². The van der Waals surface area contributed by atoms with Gasteiger partial charge in [0.25, 0.3) is 0 Å². The fourth-order valence-electron chi connectivity index (χ4n) is 1.49. The van der Waals surface area contributed by atoms with E-state index >= 15 is 0 Å². The molecule has 0 spiro atoms. The van der Waals surface area contributed by atoms with Gasteiger partial charge in [0.05, 0.1) is 23.7 Å². The molecule has 80 valence electrons. The zero-order valence-electron chi connectivity index (χ0n) is 9.38. The lowest BCUT2D eigenvalue weighted by Crippen LogP contribution is -1.90. The third-order valence-corrected chi connectivity index (χ3v) is 2.49. The zero-order valence-corrected chi connectivity index (χ0v) is 9.38. The number of aromatic nitrogens is 2. The molecule has 1 aromatic carbocycles. The van der Waals surface area contributed by atoms with Crippen LogP contribution < -0.4 is 0 Å². The number of nitrogens with zero attached hydrogens (tertiary/aromatic N) is 3. The number of rotatable bonds is 2. The Morgan fingerprint density at radius 2 is 1.94 bits per heavy atom. The molecule has 0 aliphatic heterocycles. The van der Waals surface area contributed by atoms with E-state index in [1.807, 2.05) is 35.0 Å². The molecule has 3 heteroatoms. The van der Waals surface area contributed by atoms with E-state index in [-0.39, 0.29) is 0 Å². The first-order valence-electron chi connectivity index (χ1n) is 5.25. The molecule has 0 bridgehead atoms. The van der Waals surface area contributed by atoms with Gasteiger partial charge in [-0.05, 0) is 30.2 Å². The maximum Gasteiger partial charge on any atom is 0.0995 e. The summed E-state index contributed by atoms with van der Waals surface area (Å²) in [6.07, 6.45) is 3.82. The second-order valence-electron chi connectivity index (χ2n) is 4.02. The smallest absolute Gasteiger partial charge is 0.0995 e. The lowest BCUT2D eigenvalue weighted by Gasteiger charge is -2.01. The van der Waals surface area contributed by atoms with Gasteiger partial charge < -0.3 is 4.57 Å². The van der Waals surface area contributed by atoms with Crippen molar-refractivity contribution in [2.45, 2.75) is 19.8 Å². The summed E-state index contributed by atoms with van der Waals surface area (Å²) in [5.41, 5.74) is 2.77. The van der Waals surface area contributed by atoms with Crippen molar-refractivity contribution in [1.82, 2.24) is 9.55 Å². The Kier molecular flexibility index (Phi) is 2.74. The molecule has 3 nitrogen and oxygen atoms in total. The molecule has 0 saturated carbocycles. The number of nitriles is 1. The molecule has 0 amide bonds. The van der Waals surface area contributed by atoms with Gasteiger partial charge in [0, 0.05) is 11.9 Å². The first kappa shape index (κ1) is 10.4. The zero-order chi connectivity index (χ0) is 11.5. The molecule has 0 radical (unpaired) electrons. The van der Waals surface area contributed by atoms with Gasteiger partial charge in [-0.15, -0.1) is 0 Å². The minimum atomic E-state index is 0.430. The summed E-state index contributed by atoms with van der Waals surface area (Å²) in [5, 5.41) is 8.71. The fraction of sp³-hybridized carbons (Fsp3) is 0.231. The van der Waals surface area contributed by atoms with Gasteiger partial charge in [0.1, 0.15) is 0 Å². The molecule has 16 heavy (non-hydrogen) atoms. The predicted molar refractivity (Wildman–Crippen MR) is 62.4 cm³/mol. The summed E-state index contributed by atoms with van der Waals surface area (Å²) >= 11 is 0. The third kappa shape index (κ3) is 1.96. The van der Waals surface area contributed by atoms with Gasteiger partial charge in [0.15, 0.2) is 0 Å². The van der Waals surface area contributed by atoms with E-state index in [9.17, 15) is 0 Å². The minimum Gasteiger partial charge on any atom is -0.306 e. The van der Waals surface area contributed by atoms with Crippen LogP contribution in [0.15, 0.2) is 36.8 Å². The van der Waals surface area contributed by atoms with E-state index in [1.165, 1.54) is 0 Å². The van der Waals surface area contributed by atoms with Crippen LogP contribution in [0, 0.1) is 11.3 Å². The highest BCUT2D eigenvalue weighted by atomic mass is 15.0. The van der Waals surface area contributed by atoms with Crippen molar-refractivity contribution in [2.75, 3.05) is 0 Å². The van der Waals surface area contributed by atoms with Crippen molar-refractivity contribution in [2.24, 2.45) is 0 Å². The standard InChI is InChI=1S/C13H13N3/c1-10(2)13-8-16(9-15-13)12-5-3-11(7-14)4-6-12/h3-6,8-10H,1-2H3. The maximum atomic E-state index is 8.71. The summed E-state index contributed by atoms with van der Waals surface area (Å²) in [6.45, 7) is 4.23. The molecular weight excluding hydrogens is 198 g/mol. The molecular formula is C13H13N3. The molecule has 1 aromatic heterocycles. The molecule has 0 saturated heterocycles. The summed E-state index contributed by atoms with van der Waals surface area (Å²) in [5.74, 6) is 0.430. The Labute approximate surface area is 95.0 Å². The Morgan fingerprint density at radius 3 is 2.44 bits per heavy atom. The average Bonchev–Trinajstić information content (AvgIpc) is 2.78. The Hall–Kier alpha value is -2.08. The van der Waals surface area contributed by atoms with Crippen molar-refractivity contribution in [3.63, 3.8) is 0 Å². The lowest BCUT2D eigenvalue weighted by molar-refractivity contribution is 0.831. The second-order valence-corrected chi connectivity index (χ2v) is 4.02. The second kappa shape index (κ2) is 4.19. The lowest BCUT2D eigenvalue weighted by atomic mass is 10.1. The highest BCUT2D eigenvalue weighted by Gasteiger charge is 2.04. The van der Waals surface area contributed by atoms with Gasteiger partial charge in [0.2, 0.25) is 0 Å². The van der Waals surface area contributed by atoms with E-state index < -0.39 is 0 Å². The van der Waals surface area contributed by atoms with E-state index in [0.29, 0.717) is 11.5 Å². The van der Waals surface area contributed by atoms with Crippen LogP contribution in [0.25, 0.3) is 5.69 Å². The van der Waals surface area contributed by atoms with Crippen LogP contribution in [0.2, 0.25) is 0 Å². The van der Waals surface area contributed by atoms with Gasteiger partial charge in [-0.3, -0.25) is 0 Å². The molecule has 0 atom stereocenters. The van der Waals surface area contributed by atoms with Crippen LogP contribution in [-0.2, 0) is 0 Å². The maximum absolute atomic E-state index is 8.71. The van der Waals surface area contributed by atoms with Crippen molar-refractivity contribution in [1.29, 1.82) is 5.26 Å². The van der Waals surface area contributed by atoms with E-state index in [2.05, 4.69) is 24.9 Å². The van der Waals surface area contributed by atoms with Gasteiger partial charge in [-0.2, -0.15) is 5.26 Å². The van der Waals surface area contributed by atoms with Crippen LogP contribution in [0.1, 0.15) is 31.0 Å². The fourth-order valence-corrected chi connectivity index (χ4v) is 1.49. The van der Waals surface area contributed by atoms with Crippen molar-refractivity contribution in [3.05, 3.63) is 48.0 Å². The monoisotopic (exact) mass is 211 g/mol. The minimum absolute atomic E-state index is 0.430.